The summed E-state index contributed by atoms with van der Waals surface area (Å²) >= 11 is 0. The van der Waals surface area contributed by atoms with Crippen molar-refractivity contribution in [2.24, 2.45) is 0 Å². The molecule has 0 aromatic heterocycles. The van der Waals surface area contributed by atoms with E-state index in [1.807, 2.05) is 0 Å². The standard InChI is InChI=1S/C18H16F4N2O5/c19-16-8-13(24(27)28)4-1-11(16)7-17(26)23-9-14(25)10-29-15-5-2-12(3-6-15)18(20,21)22/h1-6,8,14,25H,7,9-10H2,(H,23,26)/t14-/m0/s1. The van der Waals surface area contributed by atoms with E-state index >= 15 is 0 Å². The van der Waals surface area contributed by atoms with Crippen LogP contribution in [0.15, 0.2) is 42.5 Å². The van der Waals surface area contributed by atoms with E-state index in [2.05, 4.69) is 5.32 Å². The molecule has 0 heterocycles. The smallest absolute Gasteiger partial charge is 0.416 e. The first-order valence-corrected chi connectivity index (χ1v) is 8.24. The number of nitro benzene ring substituents is 1. The monoisotopic (exact) mass is 416 g/mol. The van der Waals surface area contributed by atoms with E-state index in [-0.39, 0.29) is 24.5 Å². The molecule has 2 N–H and O–H groups in total. The van der Waals surface area contributed by atoms with Gasteiger partial charge in [-0.3, -0.25) is 14.9 Å². The highest BCUT2D eigenvalue weighted by molar-refractivity contribution is 5.78. The number of alkyl halides is 3. The Morgan fingerprint density at radius 2 is 1.86 bits per heavy atom. The fourth-order valence-electron chi connectivity index (χ4n) is 2.25. The van der Waals surface area contributed by atoms with Gasteiger partial charge in [0.25, 0.3) is 5.69 Å². The van der Waals surface area contributed by atoms with Gasteiger partial charge in [-0.2, -0.15) is 13.2 Å². The SMILES string of the molecule is O=C(Cc1ccc([N+](=O)[O-])cc1F)NC[C@H](O)COc1ccc(C(F)(F)F)cc1. The lowest BCUT2D eigenvalue weighted by molar-refractivity contribution is -0.385. The number of benzene rings is 2. The summed E-state index contributed by atoms with van der Waals surface area (Å²) in [5.74, 6) is -1.43. The number of nitro groups is 1. The Hall–Kier alpha value is -3.21. The quantitative estimate of drug-likeness (QED) is 0.392. The van der Waals surface area contributed by atoms with Gasteiger partial charge in [0.1, 0.15) is 24.3 Å². The fourth-order valence-corrected chi connectivity index (χ4v) is 2.25. The second kappa shape index (κ2) is 9.32. The number of nitrogens with zero attached hydrogens (tertiary/aromatic N) is 1. The summed E-state index contributed by atoms with van der Waals surface area (Å²) in [5.41, 5.74) is -1.33. The second-order valence-electron chi connectivity index (χ2n) is 6.00. The number of carbonyl (C=O) groups is 1. The van der Waals surface area contributed by atoms with Crippen molar-refractivity contribution in [3.8, 4) is 5.75 Å². The van der Waals surface area contributed by atoms with E-state index in [0.29, 0.717) is 6.07 Å². The molecule has 0 aliphatic carbocycles. The first-order valence-electron chi connectivity index (χ1n) is 8.24. The van der Waals surface area contributed by atoms with Crippen LogP contribution in [0.2, 0.25) is 0 Å². The number of rotatable bonds is 8. The van der Waals surface area contributed by atoms with Gasteiger partial charge in [0.15, 0.2) is 0 Å². The molecule has 2 aromatic carbocycles. The largest absolute Gasteiger partial charge is 0.491 e. The Kier molecular flexibility index (Phi) is 7.10. The summed E-state index contributed by atoms with van der Waals surface area (Å²) in [5, 5.41) is 22.7. The van der Waals surface area contributed by atoms with Crippen molar-refractivity contribution in [1.82, 2.24) is 5.32 Å². The second-order valence-corrected chi connectivity index (χ2v) is 6.00. The zero-order valence-corrected chi connectivity index (χ0v) is 14.8. The number of nitrogens with one attached hydrogen (secondary N) is 1. The maximum atomic E-state index is 13.8. The number of aliphatic hydroxyl groups is 1. The number of halogens is 4. The van der Waals surface area contributed by atoms with E-state index in [4.69, 9.17) is 4.74 Å². The van der Waals surface area contributed by atoms with Crippen LogP contribution in [0.4, 0.5) is 23.2 Å². The van der Waals surface area contributed by atoms with Gasteiger partial charge in [-0.05, 0) is 35.9 Å². The molecule has 156 valence electrons. The summed E-state index contributed by atoms with van der Waals surface area (Å²) in [6.07, 6.45) is -6.02. The average molecular weight is 416 g/mol. The van der Waals surface area contributed by atoms with Crippen LogP contribution >= 0.6 is 0 Å². The van der Waals surface area contributed by atoms with Gasteiger partial charge in [0.2, 0.25) is 5.91 Å². The van der Waals surface area contributed by atoms with Crippen LogP contribution in [-0.2, 0) is 17.4 Å². The molecule has 0 unspecified atom stereocenters. The third kappa shape index (κ3) is 6.71. The molecule has 0 aliphatic heterocycles. The zero-order valence-electron chi connectivity index (χ0n) is 14.8. The molecule has 1 atom stereocenters. The van der Waals surface area contributed by atoms with E-state index in [9.17, 15) is 37.6 Å². The third-order valence-corrected chi connectivity index (χ3v) is 3.76. The third-order valence-electron chi connectivity index (χ3n) is 3.76. The predicted octanol–water partition coefficient (Wildman–Crippen LogP) is 2.85. The van der Waals surface area contributed by atoms with Crippen LogP contribution in [0.3, 0.4) is 0 Å². The molecule has 0 saturated carbocycles. The lowest BCUT2D eigenvalue weighted by Crippen LogP contribution is -2.36. The van der Waals surface area contributed by atoms with Crippen molar-refractivity contribution in [1.29, 1.82) is 0 Å². The van der Waals surface area contributed by atoms with E-state index in [0.717, 1.165) is 36.4 Å². The molecule has 0 aliphatic rings. The van der Waals surface area contributed by atoms with Crippen LogP contribution in [0.1, 0.15) is 11.1 Å². The molecule has 7 nitrogen and oxygen atoms in total. The Morgan fingerprint density at radius 1 is 1.21 bits per heavy atom. The first kappa shape index (κ1) is 22.1. The highest BCUT2D eigenvalue weighted by Gasteiger charge is 2.30. The summed E-state index contributed by atoms with van der Waals surface area (Å²) in [6, 6.07) is 6.77. The van der Waals surface area contributed by atoms with Crippen molar-refractivity contribution in [2.75, 3.05) is 13.2 Å². The highest BCUT2D eigenvalue weighted by atomic mass is 19.4. The number of ether oxygens (including phenoxy) is 1. The van der Waals surface area contributed by atoms with Crippen molar-refractivity contribution < 1.29 is 37.1 Å². The maximum Gasteiger partial charge on any atom is 0.416 e. The number of aliphatic hydroxyl groups excluding tert-OH is 1. The summed E-state index contributed by atoms with van der Waals surface area (Å²) < 4.78 is 56.3. The highest BCUT2D eigenvalue weighted by Crippen LogP contribution is 2.30. The Bertz CT molecular complexity index is 872. The number of amides is 1. The number of non-ortho nitro benzene ring substituents is 1. The fraction of sp³-hybridized carbons (Fsp3) is 0.278. The lowest BCUT2D eigenvalue weighted by atomic mass is 10.1. The minimum absolute atomic E-state index is 0.0522. The molecule has 0 bridgehead atoms. The molecule has 2 aromatic rings. The van der Waals surface area contributed by atoms with Crippen LogP contribution in [0.25, 0.3) is 0 Å². The van der Waals surface area contributed by atoms with Crippen molar-refractivity contribution in [3.63, 3.8) is 0 Å². The van der Waals surface area contributed by atoms with Gasteiger partial charge < -0.3 is 15.2 Å². The topological polar surface area (TPSA) is 102 Å². The van der Waals surface area contributed by atoms with Crippen LogP contribution < -0.4 is 10.1 Å². The van der Waals surface area contributed by atoms with Crippen molar-refractivity contribution in [2.45, 2.75) is 18.7 Å². The number of carbonyl (C=O) groups excluding carboxylic acids is 1. The van der Waals surface area contributed by atoms with E-state index < -0.39 is 46.6 Å². The zero-order chi connectivity index (χ0) is 21.6. The molecule has 2 rings (SSSR count). The Balaban J connectivity index is 1.78. The maximum absolute atomic E-state index is 13.8. The molecule has 0 radical (unpaired) electrons. The number of hydrogen-bond donors (Lipinski definition) is 2. The minimum Gasteiger partial charge on any atom is -0.491 e. The normalized spacial score (nSPS) is 12.3. The van der Waals surface area contributed by atoms with Gasteiger partial charge in [0.05, 0.1) is 23.0 Å². The molecule has 0 spiro atoms. The Morgan fingerprint density at radius 3 is 2.41 bits per heavy atom. The number of hydrogen-bond acceptors (Lipinski definition) is 5. The molecule has 29 heavy (non-hydrogen) atoms. The predicted molar refractivity (Wildman–Crippen MR) is 92.7 cm³/mol. The minimum atomic E-state index is -4.47. The van der Waals surface area contributed by atoms with Crippen LogP contribution in [0, 0.1) is 15.9 Å². The van der Waals surface area contributed by atoms with Gasteiger partial charge >= 0.3 is 6.18 Å². The van der Waals surface area contributed by atoms with Gasteiger partial charge in [-0.15, -0.1) is 0 Å². The van der Waals surface area contributed by atoms with Crippen LogP contribution in [0.5, 0.6) is 5.75 Å². The lowest BCUT2D eigenvalue weighted by Gasteiger charge is -2.14. The average Bonchev–Trinajstić information content (AvgIpc) is 2.65. The van der Waals surface area contributed by atoms with Crippen molar-refractivity contribution in [3.05, 3.63) is 69.5 Å². The van der Waals surface area contributed by atoms with Crippen LogP contribution in [-0.4, -0.2) is 35.2 Å². The van der Waals surface area contributed by atoms with Gasteiger partial charge in [0, 0.05) is 12.6 Å². The molecule has 11 heteroatoms. The molecular weight excluding hydrogens is 400 g/mol. The van der Waals surface area contributed by atoms with Crippen molar-refractivity contribution >= 4 is 11.6 Å². The van der Waals surface area contributed by atoms with Gasteiger partial charge in [-0.25, -0.2) is 4.39 Å². The van der Waals surface area contributed by atoms with Gasteiger partial charge in [-0.1, -0.05) is 0 Å². The molecule has 0 fully saturated rings. The summed E-state index contributed by atoms with van der Waals surface area (Å²) in [4.78, 5) is 21.6. The van der Waals surface area contributed by atoms with E-state index in [1.165, 1.54) is 0 Å². The Labute approximate surface area is 162 Å². The molecule has 1 amide bonds. The molecular formula is C18H16F4N2O5. The summed E-state index contributed by atoms with van der Waals surface area (Å²) in [7, 11) is 0. The molecule has 0 saturated heterocycles. The first-order chi connectivity index (χ1) is 13.6. The van der Waals surface area contributed by atoms with E-state index in [1.54, 1.807) is 0 Å². The summed E-state index contributed by atoms with van der Waals surface area (Å²) in [6.45, 7) is -0.536.